The van der Waals surface area contributed by atoms with Crippen molar-refractivity contribution in [2.75, 3.05) is 0 Å². The second kappa shape index (κ2) is 5.92. The van der Waals surface area contributed by atoms with Gasteiger partial charge in [-0.25, -0.2) is 0 Å². The summed E-state index contributed by atoms with van der Waals surface area (Å²) >= 11 is 0. The largest absolute Gasteiger partial charge is 0.393 e. The third-order valence-electron chi connectivity index (χ3n) is 4.31. The van der Waals surface area contributed by atoms with Crippen molar-refractivity contribution in [2.24, 2.45) is 13.0 Å². The van der Waals surface area contributed by atoms with E-state index in [4.69, 9.17) is 0 Å². The van der Waals surface area contributed by atoms with Crippen LogP contribution in [0.2, 0.25) is 0 Å². The third-order valence-corrected chi connectivity index (χ3v) is 4.31. The molecule has 2 aromatic heterocycles. The minimum atomic E-state index is -0.263. The van der Waals surface area contributed by atoms with E-state index in [1.807, 2.05) is 20.2 Å². The molecular weight excluding hydrogens is 282 g/mol. The highest BCUT2D eigenvalue weighted by Crippen LogP contribution is 2.38. The van der Waals surface area contributed by atoms with Crippen LogP contribution in [0.15, 0.2) is 18.6 Å². The number of aromatic nitrogens is 4. The Labute approximate surface area is 128 Å². The van der Waals surface area contributed by atoms with Crippen LogP contribution in [0, 0.1) is 5.92 Å². The zero-order valence-electron chi connectivity index (χ0n) is 12.8. The summed E-state index contributed by atoms with van der Waals surface area (Å²) in [6.45, 7) is 1.98. The molecular formula is C15H21N5O2. The van der Waals surface area contributed by atoms with E-state index >= 15 is 0 Å². The van der Waals surface area contributed by atoms with Gasteiger partial charge in [-0.2, -0.15) is 10.2 Å². The molecule has 1 amide bonds. The number of amides is 1. The normalized spacial score (nSPS) is 22.1. The number of aliphatic hydroxyl groups is 1. The minimum absolute atomic E-state index is 0.135. The number of carbonyl (C=O) groups is 1. The first-order valence-corrected chi connectivity index (χ1v) is 7.58. The Morgan fingerprint density at radius 1 is 1.55 bits per heavy atom. The summed E-state index contributed by atoms with van der Waals surface area (Å²) in [6, 6.07) is -0.135. The molecule has 0 spiro atoms. The molecule has 0 aromatic carbocycles. The van der Waals surface area contributed by atoms with Crippen LogP contribution in [0.4, 0.5) is 0 Å². The van der Waals surface area contributed by atoms with Crippen LogP contribution in [-0.2, 0) is 13.5 Å². The van der Waals surface area contributed by atoms with Gasteiger partial charge in [0.15, 0.2) is 0 Å². The van der Waals surface area contributed by atoms with Gasteiger partial charge in [-0.1, -0.05) is 6.92 Å². The summed E-state index contributed by atoms with van der Waals surface area (Å²) < 4.78 is 1.72. The maximum Gasteiger partial charge on any atom is 0.255 e. The van der Waals surface area contributed by atoms with E-state index in [9.17, 15) is 9.90 Å². The lowest BCUT2D eigenvalue weighted by atomic mass is 9.75. The molecule has 2 aromatic rings. The Balaban J connectivity index is 1.79. The second-order valence-corrected chi connectivity index (χ2v) is 5.90. The van der Waals surface area contributed by atoms with Crippen LogP contribution < -0.4 is 5.32 Å². The molecule has 1 saturated carbocycles. The van der Waals surface area contributed by atoms with Gasteiger partial charge >= 0.3 is 0 Å². The molecule has 0 aliphatic heterocycles. The minimum Gasteiger partial charge on any atom is -0.393 e. The molecule has 118 valence electrons. The quantitative estimate of drug-likeness (QED) is 0.766. The summed E-state index contributed by atoms with van der Waals surface area (Å²) in [7, 11) is 1.85. The molecule has 0 bridgehead atoms. The maximum absolute atomic E-state index is 12.5. The zero-order chi connectivity index (χ0) is 15.7. The van der Waals surface area contributed by atoms with Gasteiger partial charge in [-0.05, 0) is 25.2 Å². The van der Waals surface area contributed by atoms with Crippen LogP contribution >= 0.6 is 0 Å². The Hall–Kier alpha value is -2.15. The standard InChI is InChI=1S/C15H21N5O2/c1-3-13-12(7-16-19-13)15(22)18-14(9-4-11(21)5-9)10-6-17-20(2)8-10/h6-9,11,14,21H,3-5H2,1-2H3,(H,16,19)(H,18,22). The Kier molecular flexibility index (Phi) is 3.98. The van der Waals surface area contributed by atoms with Crippen LogP contribution in [0.1, 0.15) is 47.4 Å². The van der Waals surface area contributed by atoms with Gasteiger partial charge in [0.05, 0.1) is 30.1 Å². The van der Waals surface area contributed by atoms with Gasteiger partial charge in [-0.15, -0.1) is 0 Å². The zero-order valence-corrected chi connectivity index (χ0v) is 12.8. The number of carbonyl (C=O) groups excluding carboxylic acids is 1. The van der Waals surface area contributed by atoms with Gasteiger partial charge in [0, 0.05) is 24.5 Å². The van der Waals surface area contributed by atoms with Crippen molar-refractivity contribution in [3.8, 4) is 0 Å². The topological polar surface area (TPSA) is 95.8 Å². The van der Waals surface area contributed by atoms with Crippen molar-refractivity contribution >= 4 is 5.91 Å². The van der Waals surface area contributed by atoms with E-state index in [2.05, 4.69) is 20.6 Å². The lowest BCUT2D eigenvalue weighted by Gasteiger charge is -2.37. The van der Waals surface area contributed by atoms with E-state index in [0.29, 0.717) is 18.4 Å². The summed E-state index contributed by atoms with van der Waals surface area (Å²) in [5, 5.41) is 23.6. The van der Waals surface area contributed by atoms with Gasteiger partial charge in [0.25, 0.3) is 5.91 Å². The molecule has 7 nitrogen and oxygen atoms in total. The fourth-order valence-electron chi connectivity index (χ4n) is 2.97. The predicted octanol–water partition coefficient (Wildman–Crippen LogP) is 0.948. The first-order chi connectivity index (χ1) is 10.6. The van der Waals surface area contributed by atoms with Gasteiger partial charge in [-0.3, -0.25) is 14.6 Å². The van der Waals surface area contributed by atoms with Gasteiger partial charge in [0.1, 0.15) is 0 Å². The maximum atomic E-state index is 12.5. The molecule has 1 aliphatic rings. The highest BCUT2D eigenvalue weighted by molar-refractivity contribution is 5.95. The molecule has 22 heavy (non-hydrogen) atoms. The van der Waals surface area contributed by atoms with Gasteiger partial charge < -0.3 is 10.4 Å². The SMILES string of the molecule is CCc1[nH]ncc1C(=O)NC(c1cnn(C)c1)C1CC(O)C1. The molecule has 7 heteroatoms. The molecule has 3 rings (SSSR count). The monoisotopic (exact) mass is 303 g/mol. The number of hydrogen-bond acceptors (Lipinski definition) is 4. The smallest absolute Gasteiger partial charge is 0.255 e. The highest BCUT2D eigenvalue weighted by atomic mass is 16.3. The molecule has 2 heterocycles. The number of aliphatic hydroxyl groups excluding tert-OH is 1. The molecule has 1 atom stereocenters. The van der Waals surface area contributed by atoms with E-state index < -0.39 is 0 Å². The Morgan fingerprint density at radius 2 is 2.32 bits per heavy atom. The number of aromatic amines is 1. The predicted molar refractivity (Wildman–Crippen MR) is 80.1 cm³/mol. The molecule has 0 radical (unpaired) electrons. The van der Waals surface area contributed by atoms with Gasteiger partial charge in [0.2, 0.25) is 0 Å². The number of rotatable bonds is 5. The first-order valence-electron chi connectivity index (χ1n) is 7.58. The third kappa shape index (κ3) is 2.76. The van der Waals surface area contributed by atoms with E-state index in [1.54, 1.807) is 17.1 Å². The van der Waals surface area contributed by atoms with Crippen molar-refractivity contribution in [2.45, 2.75) is 38.3 Å². The average Bonchev–Trinajstić information content (AvgIpc) is 3.09. The first kappa shape index (κ1) is 14.8. The summed E-state index contributed by atoms with van der Waals surface area (Å²) in [6.07, 6.45) is 7.10. The summed E-state index contributed by atoms with van der Waals surface area (Å²) in [4.78, 5) is 12.5. The second-order valence-electron chi connectivity index (χ2n) is 5.90. The highest BCUT2D eigenvalue weighted by Gasteiger charge is 2.36. The lowest BCUT2D eigenvalue weighted by Crippen LogP contribution is -2.41. The van der Waals surface area contributed by atoms with Crippen molar-refractivity contribution < 1.29 is 9.90 Å². The van der Waals surface area contributed by atoms with Crippen LogP contribution in [0.5, 0.6) is 0 Å². The number of hydrogen-bond donors (Lipinski definition) is 3. The van der Waals surface area contributed by atoms with E-state index in [0.717, 1.165) is 17.7 Å². The Morgan fingerprint density at radius 3 is 2.91 bits per heavy atom. The van der Waals surface area contributed by atoms with Crippen molar-refractivity contribution in [1.29, 1.82) is 0 Å². The fraction of sp³-hybridized carbons (Fsp3) is 0.533. The van der Waals surface area contributed by atoms with E-state index in [-0.39, 0.29) is 24.0 Å². The number of nitrogens with zero attached hydrogens (tertiary/aromatic N) is 3. The number of H-pyrrole nitrogens is 1. The van der Waals surface area contributed by atoms with Crippen molar-refractivity contribution in [3.63, 3.8) is 0 Å². The number of nitrogens with one attached hydrogen (secondary N) is 2. The van der Waals surface area contributed by atoms with Crippen molar-refractivity contribution in [1.82, 2.24) is 25.3 Å². The van der Waals surface area contributed by atoms with Crippen LogP contribution in [-0.4, -0.2) is 37.1 Å². The van der Waals surface area contributed by atoms with Crippen molar-refractivity contribution in [3.05, 3.63) is 35.4 Å². The van der Waals surface area contributed by atoms with Crippen LogP contribution in [0.3, 0.4) is 0 Å². The molecule has 0 saturated heterocycles. The average molecular weight is 303 g/mol. The molecule has 3 N–H and O–H groups in total. The fourth-order valence-corrected chi connectivity index (χ4v) is 2.97. The molecule has 1 aliphatic carbocycles. The summed E-state index contributed by atoms with van der Waals surface area (Å²) in [5.74, 6) is 0.0981. The molecule has 1 unspecified atom stereocenters. The number of aryl methyl sites for hydroxylation is 2. The van der Waals surface area contributed by atoms with E-state index in [1.165, 1.54) is 0 Å². The Bertz CT molecular complexity index is 656. The summed E-state index contributed by atoms with van der Waals surface area (Å²) in [5.41, 5.74) is 2.38. The lowest BCUT2D eigenvalue weighted by molar-refractivity contribution is 0.0235. The molecule has 1 fully saturated rings. The van der Waals surface area contributed by atoms with Crippen LogP contribution in [0.25, 0.3) is 0 Å².